The minimum absolute atomic E-state index is 0.122. The summed E-state index contributed by atoms with van der Waals surface area (Å²) < 4.78 is 0. The predicted octanol–water partition coefficient (Wildman–Crippen LogP) is 2.45. The molecule has 6 nitrogen and oxygen atoms in total. The number of carbonyl (C=O) groups excluding carboxylic acids is 1. The first-order chi connectivity index (χ1) is 12.1. The van der Waals surface area contributed by atoms with Crippen molar-refractivity contribution in [3.63, 3.8) is 0 Å². The van der Waals surface area contributed by atoms with Crippen molar-refractivity contribution in [2.24, 2.45) is 0 Å². The Labute approximate surface area is 152 Å². The highest BCUT2D eigenvalue weighted by Gasteiger charge is 2.20. The van der Waals surface area contributed by atoms with Gasteiger partial charge in [-0.3, -0.25) is 4.79 Å². The number of hydrogen-bond acceptors (Lipinski definition) is 5. The summed E-state index contributed by atoms with van der Waals surface area (Å²) in [4.78, 5) is 24.3. The zero-order chi connectivity index (χ0) is 17.6. The second kappa shape index (κ2) is 8.16. The molecule has 2 aromatic rings. The van der Waals surface area contributed by atoms with E-state index < -0.39 is 0 Å². The first-order valence-electron chi connectivity index (χ1n) is 8.43. The van der Waals surface area contributed by atoms with Gasteiger partial charge in [-0.25, -0.2) is 4.98 Å². The van der Waals surface area contributed by atoms with Crippen LogP contribution in [0.1, 0.15) is 12.5 Å². The van der Waals surface area contributed by atoms with Crippen molar-refractivity contribution in [1.82, 2.24) is 14.9 Å². The van der Waals surface area contributed by atoms with Gasteiger partial charge in [0.15, 0.2) is 0 Å². The Kier molecular flexibility index (Phi) is 5.71. The van der Waals surface area contributed by atoms with E-state index >= 15 is 0 Å². The quantitative estimate of drug-likeness (QED) is 0.888. The molecule has 7 heteroatoms. The van der Waals surface area contributed by atoms with Crippen molar-refractivity contribution in [2.75, 3.05) is 42.9 Å². The van der Waals surface area contributed by atoms with Gasteiger partial charge in [-0.15, -0.1) is 0 Å². The molecule has 1 fully saturated rings. The molecule has 0 radical (unpaired) electrons. The number of piperazine rings is 1. The summed E-state index contributed by atoms with van der Waals surface area (Å²) in [5, 5.41) is 4.09. The van der Waals surface area contributed by atoms with Crippen LogP contribution in [0.3, 0.4) is 0 Å². The number of anilines is 2. The van der Waals surface area contributed by atoms with Gasteiger partial charge in [0.2, 0.25) is 11.9 Å². The second-order valence-corrected chi connectivity index (χ2v) is 6.48. The number of nitrogens with one attached hydrogen (secondary N) is 1. The Morgan fingerprint density at radius 1 is 1.24 bits per heavy atom. The maximum absolute atomic E-state index is 11.4. The lowest BCUT2D eigenvalue weighted by atomic mass is 10.1. The summed E-state index contributed by atoms with van der Waals surface area (Å²) in [6.45, 7) is 5.32. The highest BCUT2D eigenvalue weighted by molar-refractivity contribution is 6.30. The number of amides is 1. The molecule has 1 aliphatic heterocycles. The topological polar surface area (TPSA) is 61.4 Å². The van der Waals surface area contributed by atoms with Crippen molar-refractivity contribution in [3.8, 4) is 0 Å². The van der Waals surface area contributed by atoms with Crippen LogP contribution >= 0.6 is 11.6 Å². The van der Waals surface area contributed by atoms with Crippen LogP contribution in [0.5, 0.6) is 0 Å². The molecule has 0 unspecified atom stereocenters. The minimum Gasteiger partial charge on any atom is -0.370 e. The fraction of sp³-hybridized carbons (Fsp3) is 0.389. The molecule has 0 bridgehead atoms. The first kappa shape index (κ1) is 17.5. The first-order valence-corrected chi connectivity index (χ1v) is 8.81. The summed E-state index contributed by atoms with van der Waals surface area (Å²) in [7, 11) is 0. The number of halogens is 1. The highest BCUT2D eigenvalue weighted by Crippen LogP contribution is 2.14. The SMILES string of the molecule is CC(=O)N1CCN(c2nccc(NCCc3cccc(Cl)c3)n2)CC1. The lowest BCUT2D eigenvalue weighted by Crippen LogP contribution is -2.48. The van der Waals surface area contributed by atoms with E-state index in [0.717, 1.165) is 36.9 Å². The maximum atomic E-state index is 11.4. The normalized spacial score (nSPS) is 14.5. The van der Waals surface area contributed by atoms with E-state index in [4.69, 9.17) is 11.6 Å². The standard InChI is InChI=1S/C18H22ClN5O/c1-14(25)23-9-11-24(12-10-23)18-21-8-6-17(22-18)20-7-5-15-3-2-4-16(19)13-15/h2-4,6,8,13H,5,7,9-12H2,1H3,(H,20,21,22). The fourth-order valence-corrected chi connectivity index (χ4v) is 3.06. The third-order valence-corrected chi connectivity index (χ3v) is 4.49. The van der Waals surface area contributed by atoms with Crippen molar-refractivity contribution < 1.29 is 4.79 Å². The molecule has 1 aromatic heterocycles. The van der Waals surface area contributed by atoms with Crippen molar-refractivity contribution in [1.29, 1.82) is 0 Å². The molecule has 1 aliphatic rings. The van der Waals surface area contributed by atoms with Crippen molar-refractivity contribution in [2.45, 2.75) is 13.3 Å². The molecule has 0 aliphatic carbocycles. The monoisotopic (exact) mass is 359 g/mol. The Bertz CT molecular complexity index is 731. The second-order valence-electron chi connectivity index (χ2n) is 6.04. The van der Waals surface area contributed by atoms with Crippen LogP contribution in [0.25, 0.3) is 0 Å². The average molecular weight is 360 g/mol. The van der Waals surface area contributed by atoms with Gasteiger partial charge in [0.05, 0.1) is 0 Å². The molecular weight excluding hydrogens is 338 g/mol. The van der Waals surface area contributed by atoms with Crippen LogP contribution in [0.4, 0.5) is 11.8 Å². The van der Waals surface area contributed by atoms with Crippen molar-refractivity contribution in [3.05, 3.63) is 47.1 Å². The van der Waals surface area contributed by atoms with Gasteiger partial charge in [-0.05, 0) is 30.2 Å². The highest BCUT2D eigenvalue weighted by atomic mass is 35.5. The molecule has 3 rings (SSSR count). The van der Waals surface area contributed by atoms with Crippen LogP contribution in [-0.2, 0) is 11.2 Å². The third kappa shape index (κ3) is 4.82. The van der Waals surface area contributed by atoms with Crippen LogP contribution < -0.4 is 10.2 Å². The summed E-state index contributed by atoms with van der Waals surface area (Å²) in [6, 6.07) is 9.74. The number of benzene rings is 1. The number of hydrogen-bond donors (Lipinski definition) is 1. The lowest BCUT2D eigenvalue weighted by molar-refractivity contribution is -0.129. The van der Waals surface area contributed by atoms with E-state index in [0.29, 0.717) is 19.0 Å². The molecule has 0 atom stereocenters. The molecule has 1 N–H and O–H groups in total. The molecule has 2 heterocycles. The lowest BCUT2D eigenvalue weighted by Gasteiger charge is -2.34. The van der Waals surface area contributed by atoms with E-state index in [9.17, 15) is 4.79 Å². The fourth-order valence-electron chi connectivity index (χ4n) is 2.85. The van der Waals surface area contributed by atoms with Crippen LogP contribution in [-0.4, -0.2) is 53.5 Å². The van der Waals surface area contributed by atoms with E-state index in [1.165, 1.54) is 5.56 Å². The molecule has 0 spiro atoms. The zero-order valence-corrected chi connectivity index (χ0v) is 15.0. The summed E-state index contributed by atoms with van der Waals surface area (Å²) >= 11 is 6.01. The Morgan fingerprint density at radius 2 is 2.04 bits per heavy atom. The maximum Gasteiger partial charge on any atom is 0.227 e. The molecular formula is C18H22ClN5O. The molecule has 0 saturated carbocycles. The number of nitrogens with zero attached hydrogens (tertiary/aromatic N) is 4. The largest absolute Gasteiger partial charge is 0.370 e. The van der Waals surface area contributed by atoms with E-state index in [-0.39, 0.29) is 5.91 Å². The van der Waals surface area contributed by atoms with E-state index in [2.05, 4.69) is 26.3 Å². The molecule has 1 amide bonds. The molecule has 25 heavy (non-hydrogen) atoms. The minimum atomic E-state index is 0.122. The Hall–Kier alpha value is -2.34. The number of rotatable bonds is 5. The van der Waals surface area contributed by atoms with Gasteiger partial charge in [0, 0.05) is 50.9 Å². The predicted molar refractivity (Wildman–Crippen MR) is 100 cm³/mol. The van der Waals surface area contributed by atoms with Gasteiger partial charge in [0.25, 0.3) is 0 Å². The Balaban J connectivity index is 1.54. The van der Waals surface area contributed by atoms with Crippen LogP contribution in [0.15, 0.2) is 36.5 Å². The van der Waals surface area contributed by atoms with Crippen LogP contribution in [0.2, 0.25) is 5.02 Å². The smallest absolute Gasteiger partial charge is 0.227 e. The summed E-state index contributed by atoms with van der Waals surface area (Å²) in [6.07, 6.45) is 2.64. The third-order valence-electron chi connectivity index (χ3n) is 4.26. The number of carbonyl (C=O) groups is 1. The zero-order valence-electron chi connectivity index (χ0n) is 14.3. The van der Waals surface area contributed by atoms with E-state index in [1.54, 1.807) is 13.1 Å². The summed E-state index contributed by atoms with van der Waals surface area (Å²) in [5.41, 5.74) is 1.19. The molecule has 1 aromatic carbocycles. The average Bonchev–Trinajstić information content (AvgIpc) is 2.62. The summed E-state index contributed by atoms with van der Waals surface area (Å²) in [5.74, 6) is 1.63. The Morgan fingerprint density at radius 3 is 2.76 bits per heavy atom. The van der Waals surface area contributed by atoms with E-state index in [1.807, 2.05) is 29.2 Å². The number of aromatic nitrogens is 2. The van der Waals surface area contributed by atoms with Crippen LogP contribution in [0, 0.1) is 0 Å². The van der Waals surface area contributed by atoms with Crippen molar-refractivity contribution >= 4 is 29.3 Å². The van der Waals surface area contributed by atoms with Gasteiger partial charge >= 0.3 is 0 Å². The van der Waals surface area contributed by atoms with Gasteiger partial charge in [0.1, 0.15) is 5.82 Å². The van der Waals surface area contributed by atoms with Gasteiger partial charge < -0.3 is 15.1 Å². The van der Waals surface area contributed by atoms with Gasteiger partial charge in [-0.1, -0.05) is 23.7 Å². The molecule has 132 valence electrons. The molecule has 1 saturated heterocycles. The van der Waals surface area contributed by atoms with Gasteiger partial charge in [-0.2, -0.15) is 4.98 Å².